The summed E-state index contributed by atoms with van der Waals surface area (Å²) in [4.78, 5) is 10.5. The van der Waals surface area contributed by atoms with Gasteiger partial charge in [0, 0.05) is 23.0 Å². The SMILES string of the molecule is NC(=O)CCNCCc1ccc(Cl)cc1Cl. The van der Waals surface area contributed by atoms with Crippen LogP contribution < -0.4 is 11.1 Å². The van der Waals surface area contributed by atoms with Gasteiger partial charge in [-0.25, -0.2) is 0 Å². The third-order valence-corrected chi connectivity index (χ3v) is 2.72. The van der Waals surface area contributed by atoms with E-state index in [9.17, 15) is 4.79 Å². The molecule has 0 saturated heterocycles. The van der Waals surface area contributed by atoms with Gasteiger partial charge in [0.1, 0.15) is 0 Å². The second-order valence-corrected chi connectivity index (χ2v) is 4.30. The summed E-state index contributed by atoms with van der Waals surface area (Å²) >= 11 is 11.8. The van der Waals surface area contributed by atoms with Crippen molar-refractivity contribution in [1.29, 1.82) is 0 Å². The van der Waals surface area contributed by atoms with Crippen molar-refractivity contribution in [2.75, 3.05) is 13.1 Å². The predicted molar refractivity (Wildman–Crippen MR) is 66.8 cm³/mol. The van der Waals surface area contributed by atoms with Crippen LogP contribution in [0.1, 0.15) is 12.0 Å². The van der Waals surface area contributed by atoms with Gasteiger partial charge in [0.2, 0.25) is 5.91 Å². The zero-order valence-corrected chi connectivity index (χ0v) is 10.3. The van der Waals surface area contributed by atoms with Gasteiger partial charge < -0.3 is 11.1 Å². The highest BCUT2D eigenvalue weighted by Gasteiger charge is 2.01. The molecule has 1 aromatic rings. The van der Waals surface area contributed by atoms with Gasteiger partial charge in [0.15, 0.2) is 0 Å². The molecule has 0 aliphatic rings. The van der Waals surface area contributed by atoms with Gasteiger partial charge in [-0.05, 0) is 30.7 Å². The first-order chi connectivity index (χ1) is 7.59. The van der Waals surface area contributed by atoms with Gasteiger partial charge in [0.05, 0.1) is 0 Å². The number of nitrogens with one attached hydrogen (secondary N) is 1. The van der Waals surface area contributed by atoms with E-state index in [1.165, 1.54) is 0 Å². The molecule has 1 aromatic carbocycles. The maximum atomic E-state index is 10.5. The lowest BCUT2D eigenvalue weighted by Crippen LogP contribution is -2.23. The third-order valence-electron chi connectivity index (χ3n) is 2.13. The molecule has 0 spiro atoms. The summed E-state index contributed by atoms with van der Waals surface area (Å²) in [6, 6.07) is 5.44. The molecular weight excluding hydrogens is 247 g/mol. The van der Waals surface area contributed by atoms with Crippen molar-refractivity contribution in [2.45, 2.75) is 12.8 Å². The van der Waals surface area contributed by atoms with E-state index in [1.807, 2.05) is 12.1 Å². The summed E-state index contributed by atoms with van der Waals surface area (Å²) in [6.45, 7) is 1.36. The van der Waals surface area contributed by atoms with Crippen LogP contribution in [0.15, 0.2) is 18.2 Å². The Morgan fingerprint density at radius 3 is 2.69 bits per heavy atom. The molecule has 0 aliphatic carbocycles. The largest absolute Gasteiger partial charge is 0.370 e. The molecule has 0 bridgehead atoms. The maximum Gasteiger partial charge on any atom is 0.218 e. The number of halogens is 2. The number of rotatable bonds is 6. The molecule has 3 N–H and O–H groups in total. The van der Waals surface area contributed by atoms with Crippen molar-refractivity contribution in [3.8, 4) is 0 Å². The van der Waals surface area contributed by atoms with Crippen LogP contribution in [0.3, 0.4) is 0 Å². The smallest absolute Gasteiger partial charge is 0.218 e. The first-order valence-corrected chi connectivity index (χ1v) is 5.78. The Morgan fingerprint density at radius 2 is 2.06 bits per heavy atom. The Morgan fingerprint density at radius 1 is 1.31 bits per heavy atom. The Labute approximate surface area is 105 Å². The van der Waals surface area contributed by atoms with Crippen molar-refractivity contribution in [3.63, 3.8) is 0 Å². The predicted octanol–water partition coefficient (Wildman–Crippen LogP) is 2.00. The number of benzene rings is 1. The zero-order chi connectivity index (χ0) is 12.0. The van der Waals surface area contributed by atoms with Crippen LogP contribution >= 0.6 is 23.2 Å². The Balaban J connectivity index is 2.29. The summed E-state index contributed by atoms with van der Waals surface area (Å²) in [5.41, 5.74) is 6.05. The molecule has 0 radical (unpaired) electrons. The standard InChI is InChI=1S/C11H14Cl2N2O/c12-9-2-1-8(10(13)7-9)3-5-15-6-4-11(14)16/h1-2,7,15H,3-6H2,(H2,14,16). The first kappa shape index (κ1) is 13.3. The monoisotopic (exact) mass is 260 g/mol. The minimum Gasteiger partial charge on any atom is -0.370 e. The minimum atomic E-state index is -0.294. The summed E-state index contributed by atoms with van der Waals surface area (Å²) in [6.07, 6.45) is 1.16. The average Bonchev–Trinajstić information content (AvgIpc) is 2.20. The molecule has 5 heteroatoms. The number of amides is 1. The highest BCUT2D eigenvalue weighted by molar-refractivity contribution is 6.35. The first-order valence-electron chi connectivity index (χ1n) is 5.02. The highest BCUT2D eigenvalue weighted by Crippen LogP contribution is 2.20. The van der Waals surface area contributed by atoms with Crippen molar-refractivity contribution in [1.82, 2.24) is 5.32 Å². The van der Waals surface area contributed by atoms with E-state index in [4.69, 9.17) is 28.9 Å². The van der Waals surface area contributed by atoms with Crippen LogP contribution in [0.25, 0.3) is 0 Å². The molecule has 88 valence electrons. The van der Waals surface area contributed by atoms with Gasteiger partial charge in [-0.2, -0.15) is 0 Å². The van der Waals surface area contributed by atoms with Gasteiger partial charge in [-0.1, -0.05) is 29.3 Å². The minimum absolute atomic E-state index is 0.294. The molecule has 0 atom stereocenters. The fraction of sp³-hybridized carbons (Fsp3) is 0.364. The van der Waals surface area contributed by atoms with E-state index in [0.29, 0.717) is 23.0 Å². The third kappa shape index (κ3) is 4.84. The lowest BCUT2D eigenvalue weighted by Gasteiger charge is -2.05. The summed E-state index contributed by atoms with van der Waals surface area (Å²) < 4.78 is 0. The van der Waals surface area contributed by atoms with Crippen LogP contribution in [-0.4, -0.2) is 19.0 Å². The van der Waals surface area contributed by atoms with Crippen LogP contribution in [0, 0.1) is 0 Å². The van der Waals surface area contributed by atoms with Gasteiger partial charge in [-0.15, -0.1) is 0 Å². The molecule has 0 aromatic heterocycles. The van der Waals surface area contributed by atoms with E-state index in [2.05, 4.69) is 5.32 Å². The lowest BCUT2D eigenvalue weighted by molar-refractivity contribution is -0.117. The normalized spacial score (nSPS) is 10.4. The Bertz CT molecular complexity index is 369. The highest BCUT2D eigenvalue weighted by atomic mass is 35.5. The zero-order valence-electron chi connectivity index (χ0n) is 8.80. The fourth-order valence-corrected chi connectivity index (χ4v) is 1.79. The molecule has 0 heterocycles. The van der Waals surface area contributed by atoms with E-state index in [0.717, 1.165) is 18.5 Å². The van der Waals surface area contributed by atoms with Crippen molar-refractivity contribution >= 4 is 29.1 Å². The molecule has 3 nitrogen and oxygen atoms in total. The second kappa shape index (κ2) is 6.74. The van der Waals surface area contributed by atoms with Gasteiger partial charge in [0.25, 0.3) is 0 Å². The number of carbonyl (C=O) groups is 1. The second-order valence-electron chi connectivity index (χ2n) is 3.45. The van der Waals surface area contributed by atoms with Crippen molar-refractivity contribution in [2.24, 2.45) is 5.73 Å². The molecule has 1 rings (SSSR count). The van der Waals surface area contributed by atoms with E-state index < -0.39 is 0 Å². The maximum absolute atomic E-state index is 10.5. The lowest BCUT2D eigenvalue weighted by atomic mass is 10.1. The molecule has 16 heavy (non-hydrogen) atoms. The molecular formula is C11H14Cl2N2O. The summed E-state index contributed by atoms with van der Waals surface area (Å²) in [7, 11) is 0. The van der Waals surface area contributed by atoms with Crippen LogP contribution in [0.5, 0.6) is 0 Å². The van der Waals surface area contributed by atoms with E-state index in [1.54, 1.807) is 6.07 Å². The number of nitrogens with two attached hydrogens (primary N) is 1. The Hall–Kier alpha value is -0.770. The molecule has 0 saturated carbocycles. The van der Waals surface area contributed by atoms with Crippen molar-refractivity contribution in [3.05, 3.63) is 33.8 Å². The van der Waals surface area contributed by atoms with Crippen molar-refractivity contribution < 1.29 is 4.79 Å². The number of carbonyl (C=O) groups excluding carboxylic acids is 1. The molecule has 0 aliphatic heterocycles. The Kier molecular flexibility index (Phi) is 5.60. The van der Waals surface area contributed by atoms with Gasteiger partial charge >= 0.3 is 0 Å². The van der Waals surface area contributed by atoms with E-state index in [-0.39, 0.29) is 5.91 Å². The topological polar surface area (TPSA) is 55.1 Å². The fourth-order valence-electron chi connectivity index (χ4n) is 1.28. The number of primary amides is 1. The van der Waals surface area contributed by atoms with Crippen LogP contribution in [-0.2, 0) is 11.2 Å². The van der Waals surface area contributed by atoms with Crippen LogP contribution in [0.4, 0.5) is 0 Å². The summed E-state index contributed by atoms with van der Waals surface area (Å²) in [5, 5.41) is 4.42. The summed E-state index contributed by atoms with van der Waals surface area (Å²) in [5.74, 6) is -0.294. The van der Waals surface area contributed by atoms with E-state index >= 15 is 0 Å². The quantitative estimate of drug-likeness (QED) is 0.769. The molecule has 1 amide bonds. The number of hydrogen-bond donors (Lipinski definition) is 2. The number of hydrogen-bond acceptors (Lipinski definition) is 2. The van der Waals surface area contributed by atoms with Crippen LogP contribution in [0.2, 0.25) is 10.0 Å². The molecule has 0 unspecified atom stereocenters. The molecule has 0 fully saturated rings. The van der Waals surface area contributed by atoms with Gasteiger partial charge in [-0.3, -0.25) is 4.79 Å². The average molecular weight is 261 g/mol.